The summed E-state index contributed by atoms with van der Waals surface area (Å²) in [6.45, 7) is -0.106. The van der Waals surface area contributed by atoms with Crippen molar-refractivity contribution < 1.29 is 22.2 Å². The molecule has 2 aromatic carbocycles. The van der Waals surface area contributed by atoms with E-state index in [9.17, 15) is 18.0 Å². The summed E-state index contributed by atoms with van der Waals surface area (Å²) in [4.78, 5) is 25.7. The monoisotopic (exact) mass is 428 g/mol. The molecule has 2 aromatic heterocycles. The van der Waals surface area contributed by atoms with Gasteiger partial charge in [0.05, 0.1) is 16.6 Å². The topological polar surface area (TPSA) is 147 Å². The first-order valence-corrected chi connectivity index (χ1v) is 10.3. The lowest BCUT2D eigenvalue weighted by Crippen LogP contribution is -2.27. The average molecular weight is 428 g/mol. The maximum atomic E-state index is 12.4. The Morgan fingerprint density at radius 1 is 1.13 bits per heavy atom. The second kappa shape index (κ2) is 7.97. The van der Waals surface area contributed by atoms with E-state index in [4.69, 9.17) is 8.94 Å². The highest BCUT2D eigenvalue weighted by molar-refractivity contribution is 7.89. The molecular weight excluding hydrogens is 412 g/mol. The number of aromatic nitrogens is 2. The molecule has 0 bridgehead atoms. The van der Waals surface area contributed by atoms with Gasteiger partial charge in [-0.25, -0.2) is 17.9 Å². The first kappa shape index (κ1) is 19.6. The van der Waals surface area contributed by atoms with Crippen molar-refractivity contribution in [2.75, 3.05) is 11.9 Å². The lowest BCUT2D eigenvalue weighted by molar-refractivity contribution is -0.116. The largest absolute Gasteiger partial charge is 0.417 e. The van der Waals surface area contributed by atoms with Gasteiger partial charge in [0, 0.05) is 36.3 Å². The van der Waals surface area contributed by atoms with Gasteiger partial charge in [-0.2, -0.15) is 0 Å². The van der Waals surface area contributed by atoms with E-state index in [1.807, 2.05) is 6.07 Å². The average Bonchev–Trinajstić information content (AvgIpc) is 3.36. The van der Waals surface area contributed by atoms with Gasteiger partial charge in [0.25, 0.3) is 0 Å². The second-order valence-corrected chi connectivity index (χ2v) is 8.09. The summed E-state index contributed by atoms with van der Waals surface area (Å²) in [6.07, 6.45) is 1.45. The van der Waals surface area contributed by atoms with Crippen LogP contribution in [0.3, 0.4) is 0 Å². The van der Waals surface area contributed by atoms with Crippen LogP contribution in [0.2, 0.25) is 0 Å². The number of nitrogens with one attached hydrogen (secondary N) is 3. The van der Waals surface area contributed by atoms with E-state index in [0.29, 0.717) is 17.0 Å². The molecule has 0 atom stereocenters. The second-order valence-electron chi connectivity index (χ2n) is 6.33. The molecule has 10 nitrogen and oxygen atoms in total. The van der Waals surface area contributed by atoms with Crippen LogP contribution in [-0.4, -0.2) is 31.0 Å². The van der Waals surface area contributed by atoms with E-state index in [1.165, 1.54) is 24.4 Å². The predicted octanol–water partition coefficient (Wildman–Crippen LogP) is 2.08. The highest BCUT2D eigenvalue weighted by Gasteiger charge is 2.16. The van der Waals surface area contributed by atoms with E-state index in [1.54, 1.807) is 24.3 Å². The summed E-state index contributed by atoms with van der Waals surface area (Å²) >= 11 is 0. The van der Waals surface area contributed by atoms with Crippen molar-refractivity contribution in [3.63, 3.8) is 0 Å². The maximum Gasteiger partial charge on any atom is 0.417 e. The van der Waals surface area contributed by atoms with Crippen LogP contribution >= 0.6 is 0 Å². The van der Waals surface area contributed by atoms with Crippen LogP contribution in [0.4, 0.5) is 5.69 Å². The zero-order valence-electron chi connectivity index (χ0n) is 15.4. The fourth-order valence-corrected chi connectivity index (χ4v) is 3.86. The number of oxazole rings is 1. The molecule has 3 N–H and O–H groups in total. The number of anilines is 1. The first-order valence-electron chi connectivity index (χ1n) is 8.84. The molecule has 0 fully saturated rings. The number of amides is 1. The number of carbonyl (C=O) groups excluding carboxylic acids is 1. The van der Waals surface area contributed by atoms with Gasteiger partial charge in [0.15, 0.2) is 11.3 Å². The van der Waals surface area contributed by atoms with E-state index < -0.39 is 15.8 Å². The van der Waals surface area contributed by atoms with Crippen molar-refractivity contribution in [3.05, 3.63) is 65.3 Å². The van der Waals surface area contributed by atoms with Crippen LogP contribution in [0.15, 0.2) is 73.4 Å². The highest BCUT2D eigenvalue weighted by atomic mass is 32.2. The molecule has 0 aliphatic heterocycles. The Bertz CT molecular complexity index is 1360. The lowest BCUT2D eigenvalue weighted by Gasteiger charge is -2.08. The molecule has 1 amide bonds. The molecule has 0 radical (unpaired) electrons. The van der Waals surface area contributed by atoms with Gasteiger partial charge in [0.1, 0.15) is 0 Å². The number of rotatable bonds is 7. The Labute approximate surface area is 169 Å². The summed E-state index contributed by atoms with van der Waals surface area (Å²) in [7, 11) is -3.87. The van der Waals surface area contributed by atoms with E-state index in [0.717, 1.165) is 5.56 Å². The molecule has 0 spiro atoms. The highest BCUT2D eigenvalue weighted by Crippen LogP contribution is 2.22. The molecule has 4 aromatic rings. The van der Waals surface area contributed by atoms with Gasteiger partial charge in [-0.1, -0.05) is 17.3 Å². The summed E-state index contributed by atoms with van der Waals surface area (Å²) < 4.78 is 37.1. The standard InChI is InChI=1S/C19H16N4O6S/c24-18(22-13-3-1-2-12(10-13)16-6-8-20-29-16)7-9-21-30(26,27)14-4-5-15-17(11-14)28-19(25)23-15/h1-6,8,10-11,21H,7,9H2,(H,22,24)(H,23,25). The van der Waals surface area contributed by atoms with Crippen LogP contribution in [0, 0.1) is 0 Å². The predicted molar refractivity (Wildman–Crippen MR) is 107 cm³/mol. The Morgan fingerprint density at radius 2 is 2.00 bits per heavy atom. The van der Waals surface area contributed by atoms with E-state index in [2.05, 4.69) is 20.2 Å². The minimum Gasteiger partial charge on any atom is -0.408 e. The van der Waals surface area contributed by atoms with Crippen molar-refractivity contribution in [1.82, 2.24) is 14.9 Å². The third-order valence-electron chi connectivity index (χ3n) is 4.22. The number of sulfonamides is 1. The number of hydrogen-bond donors (Lipinski definition) is 3. The first-order chi connectivity index (χ1) is 14.4. The van der Waals surface area contributed by atoms with Crippen LogP contribution < -0.4 is 15.8 Å². The van der Waals surface area contributed by atoms with Crippen LogP contribution in [0.25, 0.3) is 22.4 Å². The molecule has 0 aliphatic rings. The third kappa shape index (κ3) is 4.31. The Morgan fingerprint density at radius 3 is 2.80 bits per heavy atom. The molecule has 2 heterocycles. The molecule has 0 saturated carbocycles. The van der Waals surface area contributed by atoms with Crippen LogP contribution in [0.5, 0.6) is 0 Å². The van der Waals surface area contributed by atoms with E-state index in [-0.39, 0.29) is 29.4 Å². The lowest BCUT2D eigenvalue weighted by atomic mass is 10.1. The zero-order valence-corrected chi connectivity index (χ0v) is 16.2. The third-order valence-corrected chi connectivity index (χ3v) is 5.67. The Hall–Kier alpha value is -3.70. The summed E-state index contributed by atoms with van der Waals surface area (Å²) in [6, 6.07) is 12.7. The van der Waals surface area contributed by atoms with Crippen molar-refractivity contribution >= 4 is 32.7 Å². The summed E-state index contributed by atoms with van der Waals surface area (Å²) in [5.74, 6) is -0.467. The van der Waals surface area contributed by atoms with Crippen molar-refractivity contribution in [1.29, 1.82) is 0 Å². The molecule has 4 rings (SSSR count). The number of benzene rings is 2. The molecule has 0 aliphatic carbocycles. The van der Waals surface area contributed by atoms with Gasteiger partial charge in [-0.05, 0) is 24.3 Å². The van der Waals surface area contributed by atoms with Crippen molar-refractivity contribution in [2.45, 2.75) is 11.3 Å². The molecule has 11 heteroatoms. The van der Waals surface area contributed by atoms with Gasteiger partial charge < -0.3 is 14.3 Å². The van der Waals surface area contributed by atoms with E-state index >= 15 is 0 Å². The quantitative estimate of drug-likeness (QED) is 0.408. The van der Waals surface area contributed by atoms with Gasteiger partial charge in [0.2, 0.25) is 15.9 Å². The number of aromatic amines is 1. The van der Waals surface area contributed by atoms with Gasteiger partial charge in [-0.3, -0.25) is 9.78 Å². The van der Waals surface area contributed by atoms with Gasteiger partial charge >= 0.3 is 5.76 Å². The van der Waals surface area contributed by atoms with Crippen LogP contribution in [0.1, 0.15) is 6.42 Å². The van der Waals surface area contributed by atoms with Crippen molar-refractivity contribution in [2.24, 2.45) is 0 Å². The fraction of sp³-hybridized carbons (Fsp3) is 0.105. The molecule has 30 heavy (non-hydrogen) atoms. The van der Waals surface area contributed by atoms with Crippen LogP contribution in [-0.2, 0) is 14.8 Å². The fourth-order valence-electron chi connectivity index (χ4n) is 2.81. The number of hydrogen-bond acceptors (Lipinski definition) is 7. The smallest absolute Gasteiger partial charge is 0.408 e. The minimum atomic E-state index is -3.87. The Balaban J connectivity index is 1.35. The van der Waals surface area contributed by atoms with Crippen molar-refractivity contribution in [3.8, 4) is 11.3 Å². The Kier molecular flexibility index (Phi) is 5.21. The summed E-state index contributed by atoms with van der Waals surface area (Å²) in [5, 5.41) is 6.35. The minimum absolute atomic E-state index is 0.0714. The van der Waals surface area contributed by atoms with Gasteiger partial charge in [-0.15, -0.1) is 0 Å². The normalized spacial score (nSPS) is 11.6. The molecule has 0 saturated heterocycles. The molecular formula is C19H16N4O6S. The SMILES string of the molecule is O=C(CCNS(=O)(=O)c1ccc2[nH]c(=O)oc2c1)Nc1cccc(-c2ccno2)c1. The summed E-state index contributed by atoms with van der Waals surface area (Å²) in [5.41, 5.74) is 1.82. The number of nitrogens with zero attached hydrogens (tertiary/aromatic N) is 1. The molecule has 154 valence electrons. The number of fused-ring (bicyclic) bond motifs is 1. The maximum absolute atomic E-state index is 12.4. The molecule has 0 unspecified atom stereocenters. The number of carbonyl (C=O) groups is 1. The zero-order chi connectivity index (χ0) is 21.1. The number of H-pyrrole nitrogens is 1.